The molecule has 0 aliphatic carbocycles. The molecular formula is C23H29N7O. The number of likely N-dealkylation sites (tertiary alicyclic amines) is 1. The Morgan fingerprint density at radius 2 is 1.94 bits per heavy atom. The number of nitrogen functional groups attached to an aromatic ring is 1. The number of aromatic nitrogens is 3. The van der Waals surface area contributed by atoms with Crippen molar-refractivity contribution in [3.8, 4) is 12.1 Å². The van der Waals surface area contributed by atoms with Crippen LogP contribution in [-0.4, -0.2) is 45.2 Å². The van der Waals surface area contributed by atoms with Gasteiger partial charge in [0.05, 0.1) is 18.5 Å². The van der Waals surface area contributed by atoms with Crippen LogP contribution in [0.5, 0.6) is 6.01 Å². The Morgan fingerprint density at radius 3 is 2.58 bits per heavy atom. The average Bonchev–Trinajstić information content (AvgIpc) is 3.33. The summed E-state index contributed by atoms with van der Waals surface area (Å²) in [4.78, 5) is 11.2. The molecule has 1 atom stereocenters. The summed E-state index contributed by atoms with van der Waals surface area (Å²) in [5.41, 5.74) is 15.6. The van der Waals surface area contributed by atoms with Crippen molar-refractivity contribution in [3.63, 3.8) is 0 Å². The van der Waals surface area contributed by atoms with Crippen LogP contribution in [0.4, 0.5) is 5.82 Å². The summed E-state index contributed by atoms with van der Waals surface area (Å²) in [6.07, 6.45) is 3.00. The third-order valence-electron chi connectivity index (χ3n) is 5.68. The third kappa shape index (κ3) is 4.79. The Labute approximate surface area is 182 Å². The van der Waals surface area contributed by atoms with Crippen LogP contribution in [0.1, 0.15) is 43.0 Å². The second-order valence-electron chi connectivity index (χ2n) is 8.16. The van der Waals surface area contributed by atoms with Crippen molar-refractivity contribution in [3.05, 3.63) is 47.2 Å². The monoisotopic (exact) mass is 419 g/mol. The van der Waals surface area contributed by atoms with E-state index in [1.165, 1.54) is 5.56 Å². The zero-order valence-corrected chi connectivity index (χ0v) is 17.9. The van der Waals surface area contributed by atoms with Gasteiger partial charge in [0.15, 0.2) is 5.65 Å². The first-order valence-electron chi connectivity index (χ1n) is 10.8. The minimum atomic E-state index is 0.251. The van der Waals surface area contributed by atoms with Crippen LogP contribution in [0.3, 0.4) is 0 Å². The minimum absolute atomic E-state index is 0.251. The number of nitrogens with zero attached hydrogens (tertiary/aromatic N) is 5. The van der Waals surface area contributed by atoms with Gasteiger partial charge in [-0.25, -0.2) is 0 Å². The smallest absolute Gasteiger partial charge is 0.320 e. The molecule has 3 heterocycles. The van der Waals surface area contributed by atoms with Crippen molar-refractivity contribution in [2.24, 2.45) is 5.73 Å². The Balaban J connectivity index is 1.56. The fraction of sp³-hybridized carbons (Fsp3) is 0.435. The molecule has 0 saturated carbocycles. The topological polar surface area (TPSA) is 119 Å². The van der Waals surface area contributed by atoms with Gasteiger partial charge in [-0.2, -0.15) is 15.2 Å². The molecule has 31 heavy (non-hydrogen) atoms. The van der Waals surface area contributed by atoms with E-state index < -0.39 is 0 Å². The van der Waals surface area contributed by atoms with Gasteiger partial charge in [-0.05, 0) is 30.0 Å². The molecular weight excluding hydrogens is 390 g/mol. The number of nitriles is 1. The Morgan fingerprint density at radius 1 is 1.19 bits per heavy atom. The van der Waals surface area contributed by atoms with Crippen molar-refractivity contribution >= 4 is 16.9 Å². The van der Waals surface area contributed by atoms with Crippen molar-refractivity contribution in [1.29, 1.82) is 5.26 Å². The number of hydrogen-bond acceptors (Lipinski definition) is 7. The van der Waals surface area contributed by atoms with Gasteiger partial charge in [0.2, 0.25) is 0 Å². The molecule has 0 radical (unpaired) electrons. The standard InChI is InChI=1S/C23H29N7O/c1-2-3-10-31-23-27-21(26)20-11-19(12-24)30(22(20)28-23)14-17-6-4-16(5-7-17)13-29-9-8-18(25)15-29/h4-7,11,18H,2-3,8-10,13-15,25H2,1H3,(H2,26,27,28)/t18-/m0/s1. The van der Waals surface area contributed by atoms with Crippen molar-refractivity contribution < 1.29 is 4.74 Å². The molecule has 1 saturated heterocycles. The molecule has 162 valence electrons. The summed E-state index contributed by atoms with van der Waals surface area (Å²) in [5.74, 6) is 0.325. The van der Waals surface area contributed by atoms with E-state index >= 15 is 0 Å². The number of hydrogen-bond donors (Lipinski definition) is 2. The molecule has 3 aromatic rings. The summed E-state index contributed by atoms with van der Waals surface area (Å²) in [5, 5.41) is 10.3. The van der Waals surface area contributed by atoms with Crippen LogP contribution in [0.15, 0.2) is 30.3 Å². The molecule has 1 aliphatic heterocycles. The molecule has 8 nitrogen and oxygen atoms in total. The van der Waals surface area contributed by atoms with E-state index in [-0.39, 0.29) is 12.1 Å². The maximum atomic E-state index is 9.65. The zero-order valence-electron chi connectivity index (χ0n) is 17.9. The van der Waals surface area contributed by atoms with Gasteiger partial charge in [0, 0.05) is 25.7 Å². The Bertz CT molecular complexity index is 1080. The lowest BCUT2D eigenvalue weighted by Crippen LogP contribution is -2.26. The first-order valence-corrected chi connectivity index (χ1v) is 10.8. The molecule has 1 aliphatic rings. The van der Waals surface area contributed by atoms with Crippen LogP contribution >= 0.6 is 0 Å². The summed E-state index contributed by atoms with van der Waals surface area (Å²) in [6, 6.07) is 13.0. The maximum Gasteiger partial charge on any atom is 0.320 e. The highest BCUT2D eigenvalue weighted by Crippen LogP contribution is 2.26. The molecule has 1 fully saturated rings. The fourth-order valence-electron chi connectivity index (χ4n) is 3.95. The molecule has 4 N–H and O–H groups in total. The van der Waals surface area contributed by atoms with Crippen LogP contribution < -0.4 is 16.2 Å². The number of nitrogens with two attached hydrogens (primary N) is 2. The molecule has 4 rings (SSSR count). The largest absolute Gasteiger partial charge is 0.463 e. The normalized spacial score (nSPS) is 16.6. The van der Waals surface area contributed by atoms with Crippen molar-refractivity contribution in [2.45, 2.75) is 45.3 Å². The lowest BCUT2D eigenvalue weighted by molar-refractivity contribution is 0.286. The van der Waals surface area contributed by atoms with Crippen LogP contribution in [0.25, 0.3) is 11.0 Å². The number of rotatable bonds is 8. The first kappa shape index (κ1) is 21.1. The SMILES string of the molecule is CCCCOc1nc(N)c2cc(C#N)n(Cc3ccc(CN4CC[C@H](N)C4)cc3)c2n1. The Kier molecular flexibility index (Phi) is 6.35. The highest BCUT2D eigenvalue weighted by Gasteiger charge is 2.19. The fourth-order valence-corrected chi connectivity index (χ4v) is 3.95. The first-order chi connectivity index (χ1) is 15.1. The lowest BCUT2D eigenvalue weighted by atomic mass is 10.1. The Hall–Kier alpha value is -3.15. The molecule has 0 spiro atoms. The average molecular weight is 420 g/mol. The van der Waals surface area contributed by atoms with Gasteiger partial charge in [0.1, 0.15) is 17.6 Å². The quantitative estimate of drug-likeness (QED) is 0.539. The predicted octanol–water partition coefficient (Wildman–Crippen LogP) is 2.65. The summed E-state index contributed by atoms with van der Waals surface area (Å²) < 4.78 is 7.53. The highest BCUT2D eigenvalue weighted by molar-refractivity contribution is 5.88. The van der Waals surface area contributed by atoms with E-state index in [4.69, 9.17) is 16.2 Å². The number of anilines is 1. The van der Waals surface area contributed by atoms with Gasteiger partial charge in [-0.3, -0.25) is 4.90 Å². The van der Waals surface area contributed by atoms with Crippen LogP contribution in [-0.2, 0) is 13.1 Å². The summed E-state index contributed by atoms with van der Waals surface area (Å²) in [7, 11) is 0. The van der Waals surface area contributed by atoms with Gasteiger partial charge >= 0.3 is 6.01 Å². The van der Waals surface area contributed by atoms with E-state index in [9.17, 15) is 5.26 Å². The van der Waals surface area contributed by atoms with Crippen molar-refractivity contribution in [1.82, 2.24) is 19.4 Å². The van der Waals surface area contributed by atoms with Gasteiger partial charge < -0.3 is 20.8 Å². The second-order valence-corrected chi connectivity index (χ2v) is 8.16. The number of fused-ring (bicyclic) bond motifs is 1. The van der Waals surface area contributed by atoms with Crippen molar-refractivity contribution in [2.75, 3.05) is 25.4 Å². The van der Waals surface area contributed by atoms with E-state index in [1.807, 2.05) is 4.57 Å². The van der Waals surface area contributed by atoms with E-state index in [0.717, 1.165) is 44.5 Å². The number of benzene rings is 1. The molecule has 0 unspecified atom stereocenters. The summed E-state index contributed by atoms with van der Waals surface area (Å²) in [6.45, 7) is 6.06. The highest BCUT2D eigenvalue weighted by atomic mass is 16.5. The van der Waals surface area contributed by atoms with E-state index in [0.29, 0.717) is 35.7 Å². The van der Waals surface area contributed by atoms with Gasteiger partial charge in [0.25, 0.3) is 0 Å². The van der Waals surface area contributed by atoms with Crippen LogP contribution in [0, 0.1) is 11.3 Å². The summed E-state index contributed by atoms with van der Waals surface area (Å²) >= 11 is 0. The van der Waals surface area contributed by atoms with Crippen LogP contribution in [0.2, 0.25) is 0 Å². The minimum Gasteiger partial charge on any atom is -0.463 e. The van der Waals surface area contributed by atoms with Gasteiger partial charge in [-0.1, -0.05) is 37.6 Å². The predicted molar refractivity (Wildman–Crippen MR) is 120 cm³/mol. The molecule has 0 bridgehead atoms. The lowest BCUT2D eigenvalue weighted by Gasteiger charge is -2.15. The van der Waals surface area contributed by atoms with E-state index in [1.54, 1.807) is 6.07 Å². The van der Waals surface area contributed by atoms with Gasteiger partial charge in [-0.15, -0.1) is 0 Å². The van der Waals surface area contributed by atoms with E-state index in [2.05, 4.69) is 52.1 Å². The zero-order chi connectivity index (χ0) is 21.8. The molecule has 1 aromatic carbocycles. The molecule has 2 aromatic heterocycles. The third-order valence-corrected chi connectivity index (χ3v) is 5.68. The second kappa shape index (κ2) is 9.33. The number of unbranched alkanes of at least 4 members (excludes halogenated alkanes) is 1. The maximum absolute atomic E-state index is 9.65. The number of ether oxygens (including phenoxy) is 1. The molecule has 8 heteroatoms. The molecule has 0 amide bonds.